The molecule has 1 atom stereocenters. The first kappa shape index (κ1) is 20.6. The van der Waals surface area contributed by atoms with E-state index >= 15 is 0 Å². The van der Waals surface area contributed by atoms with Crippen molar-refractivity contribution in [1.82, 2.24) is 25.7 Å². The van der Waals surface area contributed by atoms with E-state index in [0.29, 0.717) is 23.4 Å². The molecule has 6 heteroatoms. The molecule has 5 rings (SSSR count). The highest BCUT2D eigenvalue weighted by atomic mass is 15.3. The van der Waals surface area contributed by atoms with Gasteiger partial charge in [-0.2, -0.15) is 0 Å². The number of hydrogen-bond donors (Lipinski definition) is 3. The molecule has 4 aromatic rings. The maximum absolute atomic E-state index is 6.10. The molecule has 0 spiro atoms. The molecule has 0 radical (unpaired) electrons. The highest BCUT2D eigenvalue weighted by molar-refractivity contribution is 5.77. The van der Waals surface area contributed by atoms with Gasteiger partial charge in [0.05, 0.1) is 0 Å². The molecular formula is C26H30N6. The van der Waals surface area contributed by atoms with Gasteiger partial charge in [0.15, 0.2) is 5.65 Å². The SMILES string of the molecule is Nc1cc(C(CCN[C@H]2CC[C@H](c3ccccc3)CC2)c2ccccc2)c2nn[nH]c2n1. The summed E-state index contributed by atoms with van der Waals surface area (Å²) in [5, 5.41) is 14.9. The molecule has 6 nitrogen and oxygen atoms in total. The summed E-state index contributed by atoms with van der Waals surface area (Å²) < 4.78 is 0. The van der Waals surface area contributed by atoms with Crippen molar-refractivity contribution in [3.05, 3.63) is 83.4 Å². The van der Waals surface area contributed by atoms with Crippen LogP contribution in [0.25, 0.3) is 11.2 Å². The minimum Gasteiger partial charge on any atom is -0.384 e. The van der Waals surface area contributed by atoms with Crippen LogP contribution in [-0.4, -0.2) is 33.0 Å². The average Bonchev–Trinajstić information content (AvgIpc) is 3.31. The molecule has 1 saturated carbocycles. The average molecular weight is 427 g/mol. The molecule has 32 heavy (non-hydrogen) atoms. The van der Waals surface area contributed by atoms with Crippen LogP contribution in [0.5, 0.6) is 0 Å². The normalized spacial score (nSPS) is 19.8. The molecule has 2 aromatic heterocycles. The standard InChI is InChI=1S/C26H30N6/c27-24-17-23(25-26(29-24)31-32-30-25)22(20-9-5-2-6-10-20)15-16-28-21-13-11-19(12-14-21)18-7-3-1-4-8-18/h1-10,17,19,21-22,28H,11-16H2,(H3,27,29,30,31,32)/t19-,21-,22?. The lowest BCUT2D eigenvalue weighted by Crippen LogP contribution is -2.34. The Labute approximate surface area is 188 Å². The molecule has 0 bridgehead atoms. The van der Waals surface area contributed by atoms with Crippen LogP contribution in [0.3, 0.4) is 0 Å². The number of nitrogen functional groups attached to an aromatic ring is 1. The van der Waals surface area contributed by atoms with Gasteiger partial charge >= 0.3 is 0 Å². The van der Waals surface area contributed by atoms with Gasteiger partial charge in [0.25, 0.3) is 0 Å². The Morgan fingerprint density at radius 2 is 1.69 bits per heavy atom. The number of nitrogens with two attached hydrogens (primary N) is 1. The maximum atomic E-state index is 6.10. The van der Waals surface area contributed by atoms with Gasteiger partial charge in [-0.3, -0.25) is 0 Å². The van der Waals surface area contributed by atoms with E-state index < -0.39 is 0 Å². The smallest absolute Gasteiger partial charge is 0.178 e. The van der Waals surface area contributed by atoms with Crippen LogP contribution in [-0.2, 0) is 0 Å². The Kier molecular flexibility index (Phi) is 6.12. The maximum Gasteiger partial charge on any atom is 0.178 e. The number of hydrogen-bond acceptors (Lipinski definition) is 5. The van der Waals surface area contributed by atoms with E-state index in [1.807, 2.05) is 6.07 Å². The number of nitrogens with one attached hydrogen (secondary N) is 2. The Balaban J connectivity index is 1.26. The van der Waals surface area contributed by atoms with E-state index in [0.717, 1.165) is 24.0 Å². The van der Waals surface area contributed by atoms with Crippen molar-refractivity contribution in [2.24, 2.45) is 0 Å². The van der Waals surface area contributed by atoms with Gasteiger partial charge in [0, 0.05) is 12.0 Å². The van der Waals surface area contributed by atoms with Gasteiger partial charge in [0.2, 0.25) is 0 Å². The number of aromatic nitrogens is 4. The van der Waals surface area contributed by atoms with Gasteiger partial charge in [0.1, 0.15) is 11.3 Å². The van der Waals surface area contributed by atoms with E-state index in [9.17, 15) is 0 Å². The molecule has 164 valence electrons. The zero-order valence-electron chi connectivity index (χ0n) is 18.2. The number of fused-ring (bicyclic) bond motifs is 1. The highest BCUT2D eigenvalue weighted by Gasteiger charge is 2.24. The van der Waals surface area contributed by atoms with Gasteiger partial charge in [-0.05, 0) is 67.3 Å². The molecule has 4 N–H and O–H groups in total. The Morgan fingerprint density at radius 3 is 2.44 bits per heavy atom. The Morgan fingerprint density at radius 1 is 0.969 bits per heavy atom. The summed E-state index contributed by atoms with van der Waals surface area (Å²) in [6.07, 6.45) is 5.93. The topological polar surface area (TPSA) is 92.5 Å². The van der Waals surface area contributed by atoms with Crippen molar-refractivity contribution in [1.29, 1.82) is 0 Å². The fraction of sp³-hybridized carbons (Fsp3) is 0.346. The predicted molar refractivity (Wildman–Crippen MR) is 128 cm³/mol. The second-order valence-corrected chi connectivity index (χ2v) is 8.81. The summed E-state index contributed by atoms with van der Waals surface area (Å²) in [4.78, 5) is 4.34. The van der Waals surface area contributed by atoms with E-state index in [-0.39, 0.29) is 5.92 Å². The van der Waals surface area contributed by atoms with Gasteiger partial charge < -0.3 is 11.1 Å². The van der Waals surface area contributed by atoms with Crippen LogP contribution in [0.15, 0.2) is 66.7 Å². The largest absolute Gasteiger partial charge is 0.384 e. The molecule has 2 heterocycles. The number of aromatic amines is 1. The van der Waals surface area contributed by atoms with Gasteiger partial charge in [-0.25, -0.2) is 10.1 Å². The molecule has 0 saturated heterocycles. The van der Waals surface area contributed by atoms with E-state index in [1.54, 1.807) is 0 Å². The summed E-state index contributed by atoms with van der Waals surface area (Å²) in [7, 11) is 0. The van der Waals surface area contributed by atoms with Crippen molar-refractivity contribution in [3.8, 4) is 0 Å². The summed E-state index contributed by atoms with van der Waals surface area (Å²) in [6, 6.07) is 24.1. The predicted octanol–water partition coefficient (Wildman–Crippen LogP) is 4.77. The summed E-state index contributed by atoms with van der Waals surface area (Å²) >= 11 is 0. The monoisotopic (exact) mass is 426 g/mol. The molecule has 1 unspecified atom stereocenters. The molecular weight excluding hydrogens is 396 g/mol. The lowest BCUT2D eigenvalue weighted by Gasteiger charge is -2.30. The fourth-order valence-electron chi connectivity index (χ4n) is 5.12. The van der Waals surface area contributed by atoms with Crippen LogP contribution >= 0.6 is 0 Å². The third-order valence-electron chi connectivity index (χ3n) is 6.79. The van der Waals surface area contributed by atoms with E-state index in [2.05, 4.69) is 86.4 Å². The molecule has 1 aliphatic rings. The van der Waals surface area contributed by atoms with Crippen LogP contribution in [0.4, 0.5) is 5.82 Å². The Hall–Kier alpha value is -3.25. The molecule has 0 aliphatic heterocycles. The second kappa shape index (κ2) is 9.49. The first-order chi connectivity index (χ1) is 15.8. The fourth-order valence-corrected chi connectivity index (χ4v) is 5.12. The Bertz CT molecular complexity index is 1130. The lowest BCUT2D eigenvalue weighted by atomic mass is 9.81. The second-order valence-electron chi connectivity index (χ2n) is 8.81. The number of pyridine rings is 1. The first-order valence-corrected chi connectivity index (χ1v) is 11.6. The first-order valence-electron chi connectivity index (χ1n) is 11.6. The van der Waals surface area contributed by atoms with E-state index in [1.165, 1.54) is 36.8 Å². The number of benzene rings is 2. The third-order valence-corrected chi connectivity index (χ3v) is 6.79. The van der Waals surface area contributed by atoms with Crippen molar-refractivity contribution in [2.75, 3.05) is 12.3 Å². The summed E-state index contributed by atoms with van der Waals surface area (Å²) in [5.41, 5.74) is 11.4. The molecule has 1 aliphatic carbocycles. The highest BCUT2D eigenvalue weighted by Crippen LogP contribution is 2.34. The van der Waals surface area contributed by atoms with Crippen LogP contribution in [0.2, 0.25) is 0 Å². The number of rotatable bonds is 7. The number of nitrogens with zero attached hydrogens (tertiary/aromatic N) is 3. The van der Waals surface area contributed by atoms with Gasteiger partial charge in [-0.15, -0.1) is 5.10 Å². The van der Waals surface area contributed by atoms with Crippen LogP contribution < -0.4 is 11.1 Å². The number of H-pyrrole nitrogens is 1. The quantitative estimate of drug-likeness (QED) is 0.396. The van der Waals surface area contributed by atoms with Crippen molar-refractivity contribution < 1.29 is 0 Å². The molecule has 2 aromatic carbocycles. The van der Waals surface area contributed by atoms with Crippen molar-refractivity contribution in [3.63, 3.8) is 0 Å². The van der Waals surface area contributed by atoms with Crippen LogP contribution in [0, 0.1) is 0 Å². The van der Waals surface area contributed by atoms with Crippen molar-refractivity contribution >= 4 is 17.0 Å². The molecule has 0 amide bonds. The zero-order chi connectivity index (χ0) is 21.8. The lowest BCUT2D eigenvalue weighted by molar-refractivity contribution is 0.340. The number of anilines is 1. The van der Waals surface area contributed by atoms with Gasteiger partial charge in [-0.1, -0.05) is 65.9 Å². The summed E-state index contributed by atoms with van der Waals surface area (Å²) in [6.45, 7) is 0.946. The third kappa shape index (κ3) is 4.50. The minimum atomic E-state index is 0.183. The minimum absolute atomic E-state index is 0.183. The molecule has 1 fully saturated rings. The van der Waals surface area contributed by atoms with Crippen molar-refractivity contribution in [2.45, 2.75) is 50.0 Å². The van der Waals surface area contributed by atoms with E-state index in [4.69, 9.17) is 5.73 Å². The van der Waals surface area contributed by atoms with Crippen LogP contribution in [0.1, 0.15) is 60.6 Å². The summed E-state index contributed by atoms with van der Waals surface area (Å²) in [5.74, 6) is 1.38. The zero-order valence-corrected chi connectivity index (χ0v) is 18.2.